The summed E-state index contributed by atoms with van der Waals surface area (Å²) < 4.78 is 13.8. The summed E-state index contributed by atoms with van der Waals surface area (Å²) in [6, 6.07) is 23.4. The van der Waals surface area contributed by atoms with Gasteiger partial charge in [0.1, 0.15) is 5.75 Å². The average Bonchev–Trinajstić information content (AvgIpc) is 2.62. The summed E-state index contributed by atoms with van der Waals surface area (Å²) in [7, 11) is -3.47. The standard InChI is InChI=1S/C19H15O3P/c20-16-13-11-15(12-14-16)19(21)23(22,17-7-3-1-4-8-17)18-9-5-2-6-10-18/h1-14,20H. The minimum absolute atomic E-state index is 0.0656. The summed E-state index contributed by atoms with van der Waals surface area (Å²) in [6.07, 6.45) is 0. The van der Waals surface area contributed by atoms with Crippen molar-refractivity contribution in [1.29, 1.82) is 0 Å². The zero-order valence-electron chi connectivity index (χ0n) is 12.3. The highest BCUT2D eigenvalue weighted by Gasteiger charge is 2.36. The fraction of sp³-hybridized carbons (Fsp3) is 0. The van der Waals surface area contributed by atoms with E-state index in [1.165, 1.54) is 24.3 Å². The maximum absolute atomic E-state index is 13.8. The van der Waals surface area contributed by atoms with Gasteiger partial charge in [0.15, 0.2) is 0 Å². The van der Waals surface area contributed by atoms with Crippen LogP contribution in [-0.2, 0) is 4.57 Å². The Morgan fingerprint density at radius 1 is 0.696 bits per heavy atom. The second-order valence-corrected chi connectivity index (χ2v) is 7.79. The molecule has 114 valence electrons. The molecule has 0 saturated carbocycles. The van der Waals surface area contributed by atoms with Gasteiger partial charge in [-0.2, -0.15) is 0 Å². The molecule has 0 heterocycles. The molecule has 0 atom stereocenters. The van der Waals surface area contributed by atoms with Gasteiger partial charge in [-0.15, -0.1) is 0 Å². The molecule has 0 amide bonds. The number of rotatable bonds is 4. The van der Waals surface area contributed by atoms with Gasteiger partial charge in [0.25, 0.3) is 0 Å². The van der Waals surface area contributed by atoms with Crippen LogP contribution in [0.15, 0.2) is 84.9 Å². The number of phenolic OH excluding ortho intramolecular Hbond substituents is 1. The third-order valence-electron chi connectivity index (χ3n) is 3.64. The van der Waals surface area contributed by atoms with Crippen LogP contribution in [-0.4, -0.2) is 10.6 Å². The van der Waals surface area contributed by atoms with E-state index in [4.69, 9.17) is 0 Å². The summed E-state index contributed by atoms with van der Waals surface area (Å²) in [6.45, 7) is 0. The Labute approximate surface area is 134 Å². The van der Waals surface area contributed by atoms with Crippen LogP contribution in [0.25, 0.3) is 0 Å². The highest BCUT2D eigenvalue weighted by atomic mass is 31.2. The van der Waals surface area contributed by atoms with Gasteiger partial charge in [0.2, 0.25) is 12.7 Å². The monoisotopic (exact) mass is 322 g/mol. The van der Waals surface area contributed by atoms with Crippen LogP contribution >= 0.6 is 7.14 Å². The highest BCUT2D eigenvalue weighted by molar-refractivity contribution is 7.93. The fourth-order valence-electron chi connectivity index (χ4n) is 2.45. The molecule has 0 spiro atoms. The zero-order chi connectivity index (χ0) is 16.3. The maximum atomic E-state index is 13.8. The van der Waals surface area contributed by atoms with Crippen molar-refractivity contribution in [2.75, 3.05) is 0 Å². The smallest absolute Gasteiger partial charge is 0.230 e. The molecule has 23 heavy (non-hydrogen) atoms. The molecule has 3 aromatic carbocycles. The first kappa shape index (κ1) is 15.3. The van der Waals surface area contributed by atoms with Gasteiger partial charge in [-0.25, -0.2) is 0 Å². The molecule has 0 unspecified atom stereocenters. The van der Waals surface area contributed by atoms with Gasteiger partial charge in [0, 0.05) is 16.2 Å². The molecule has 0 aliphatic carbocycles. The van der Waals surface area contributed by atoms with Crippen LogP contribution in [0, 0.1) is 0 Å². The Bertz CT molecular complexity index is 813. The van der Waals surface area contributed by atoms with Crippen LogP contribution < -0.4 is 10.6 Å². The molecule has 0 aromatic heterocycles. The van der Waals surface area contributed by atoms with Crippen molar-refractivity contribution in [2.45, 2.75) is 0 Å². The normalized spacial score (nSPS) is 11.1. The van der Waals surface area contributed by atoms with Crippen molar-refractivity contribution in [2.24, 2.45) is 0 Å². The van der Waals surface area contributed by atoms with E-state index in [1.54, 1.807) is 48.5 Å². The number of carbonyl (C=O) groups excluding carboxylic acids is 1. The van der Waals surface area contributed by atoms with E-state index >= 15 is 0 Å². The van der Waals surface area contributed by atoms with Crippen LogP contribution in [0.4, 0.5) is 0 Å². The fourth-order valence-corrected chi connectivity index (χ4v) is 4.91. The van der Waals surface area contributed by atoms with Gasteiger partial charge < -0.3 is 9.67 Å². The molecule has 3 aromatic rings. The minimum atomic E-state index is -3.47. The number of phenols is 1. The quantitative estimate of drug-likeness (QED) is 0.748. The molecule has 3 rings (SSSR count). The predicted octanol–water partition coefficient (Wildman–Crippen LogP) is 3.55. The first-order valence-corrected chi connectivity index (χ1v) is 8.88. The van der Waals surface area contributed by atoms with Crippen LogP contribution in [0.2, 0.25) is 0 Å². The number of hydrogen-bond acceptors (Lipinski definition) is 3. The van der Waals surface area contributed by atoms with Crippen molar-refractivity contribution < 1.29 is 14.5 Å². The molecular formula is C19H15O3P. The Morgan fingerprint density at radius 3 is 1.57 bits per heavy atom. The van der Waals surface area contributed by atoms with Crippen molar-refractivity contribution in [1.82, 2.24) is 0 Å². The van der Waals surface area contributed by atoms with Crippen molar-refractivity contribution in [3.8, 4) is 5.75 Å². The highest BCUT2D eigenvalue weighted by Crippen LogP contribution is 2.46. The predicted molar refractivity (Wildman–Crippen MR) is 92.2 cm³/mol. The number of hydrogen-bond donors (Lipinski definition) is 1. The van der Waals surface area contributed by atoms with Gasteiger partial charge in [0.05, 0.1) is 0 Å². The van der Waals surface area contributed by atoms with Crippen LogP contribution in [0.5, 0.6) is 5.75 Å². The average molecular weight is 322 g/mol. The lowest BCUT2D eigenvalue weighted by molar-refractivity contribution is 0.107. The maximum Gasteiger partial charge on any atom is 0.230 e. The molecule has 0 aliphatic rings. The molecule has 0 fully saturated rings. The van der Waals surface area contributed by atoms with Crippen LogP contribution in [0.3, 0.4) is 0 Å². The lowest BCUT2D eigenvalue weighted by Gasteiger charge is -2.18. The molecule has 0 radical (unpaired) electrons. The molecule has 0 saturated heterocycles. The van der Waals surface area contributed by atoms with Gasteiger partial charge in [-0.05, 0) is 24.3 Å². The summed E-state index contributed by atoms with van der Waals surface area (Å²) in [5, 5.41) is 10.4. The van der Waals surface area contributed by atoms with E-state index in [-0.39, 0.29) is 5.75 Å². The van der Waals surface area contributed by atoms with E-state index in [0.29, 0.717) is 16.2 Å². The lowest BCUT2D eigenvalue weighted by atomic mass is 10.2. The Balaban J connectivity index is 2.19. The van der Waals surface area contributed by atoms with Gasteiger partial charge >= 0.3 is 0 Å². The van der Waals surface area contributed by atoms with E-state index < -0.39 is 12.7 Å². The first-order chi connectivity index (χ1) is 11.1. The number of benzene rings is 3. The van der Waals surface area contributed by atoms with Crippen molar-refractivity contribution in [3.05, 3.63) is 90.5 Å². The van der Waals surface area contributed by atoms with Crippen molar-refractivity contribution in [3.63, 3.8) is 0 Å². The second-order valence-electron chi connectivity index (χ2n) is 5.13. The first-order valence-electron chi connectivity index (χ1n) is 7.17. The Morgan fingerprint density at radius 2 is 1.13 bits per heavy atom. The zero-order valence-corrected chi connectivity index (χ0v) is 13.2. The Kier molecular flexibility index (Phi) is 4.14. The summed E-state index contributed by atoms with van der Waals surface area (Å²) in [5.74, 6) is 0.0656. The van der Waals surface area contributed by atoms with E-state index in [0.717, 1.165) is 0 Å². The third-order valence-corrected chi connectivity index (χ3v) is 6.52. The van der Waals surface area contributed by atoms with Gasteiger partial charge in [-0.3, -0.25) is 4.79 Å². The summed E-state index contributed by atoms with van der Waals surface area (Å²) in [4.78, 5) is 13.0. The van der Waals surface area contributed by atoms with Crippen molar-refractivity contribution >= 4 is 23.3 Å². The topological polar surface area (TPSA) is 54.4 Å². The second kappa shape index (κ2) is 6.23. The summed E-state index contributed by atoms with van der Waals surface area (Å²) >= 11 is 0. The Hall–Kier alpha value is -2.64. The molecule has 0 aliphatic heterocycles. The molecule has 1 N–H and O–H groups in total. The number of aromatic hydroxyl groups is 1. The van der Waals surface area contributed by atoms with E-state index in [1.807, 2.05) is 12.1 Å². The molecule has 0 bridgehead atoms. The minimum Gasteiger partial charge on any atom is -0.508 e. The molecule has 3 nitrogen and oxygen atoms in total. The van der Waals surface area contributed by atoms with Gasteiger partial charge in [-0.1, -0.05) is 60.7 Å². The number of carbonyl (C=O) groups is 1. The summed E-state index contributed by atoms with van der Waals surface area (Å²) in [5.41, 5.74) is -0.117. The lowest BCUT2D eigenvalue weighted by Crippen LogP contribution is -2.22. The van der Waals surface area contributed by atoms with E-state index in [2.05, 4.69) is 0 Å². The van der Waals surface area contributed by atoms with E-state index in [9.17, 15) is 14.5 Å². The molecular weight excluding hydrogens is 307 g/mol. The largest absolute Gasteiger partial charge is 0.508 e. The third kappa shape index (κ3) is 2.84. The van der Waals surface area contributed by atoms with Crippen LogP contribution in [0.1, 0.15) is 10.4 Å². The SMILES string of the molecule is O=C(c1ccc(O)cc1)P(=O)(c1ccccc1)c1ccccc1. The molecule has 4 heteroatoms.